The Morgan fingerprint density at radius 3 is 2.14 bits per heavy atom. The Morgan fingerprint density at radius 1 is 0.931 bits per heavy atom. The first-order chi connectivity index (χ1) is 13.7. The molecule has 7 nitrogen and oxygen atoms in total. The van der Waals surface area contributed by atoms with Crippen molar-refractivity contribution in [2.24, 2.45) is 0 Å². The van der Waals surface area contributed by atoms with Crippen LogP contribution in [-0.4, -0.2) is 30.5 Å². The first kappa shape index (κ1) is 21.9. The molecule has 0 aliphatic heterocycles. The van der Waals surface area contributed by atoms with Crippen LogP contribution in [0.3, 0.4) is 0 Å². The fourth-order valence-corrected chi connectivity index (χ4v) is 2.36. The summed E-state index contributed by atoms with van der Waals surface area (Å²) < 4.78 is 10.4. The van der Waals surface area contributed by atoms with E-state index in [4.69, 9.17) is 9.47 Å². The van der Waals surface area contributed by atoms with Crippen molar-refractivity contribution in [2.75, 3.05) is 6.61 Å². The molecule has 7 heteroatoms. The van der Waals surface area contributed by atoms with E-state index < -0.39 is 23.9 Å². The SMILES string of the molecule is C[C@@H](OC(=O)COc1ccc(C(C)(C)C)cc1)C(=O)NNC(=O)c1ccccc1. The van der Waals surface area contributed by atoms with Crippen molar-refractivity contribution in [3.05, 3.63) is 65.7 Å². The Morgan fingerprint density at radius 2 is 1.55 bits per heavy atom. The summed E-state index contributed by atoms with van der Waals surface area (Å²) in [5.74, 6) is -1.29. The van der Waals surface area contributed by atoms with Gasteiger partial charge in [-0.05, 0) is 42.2 Å². The molecule has 0 fully saturated rings. The van der Waals surface area contributed by atoms with Crippen LogP contribution < -0.4 is 15.6 Å². The number of hydrazine groups is 1. The fourth-order valence-electron chi connectivity index (χ4n) is 2.36. The van der Waals surface area contributed by atoms with Crippen LogP contribution in [0.5, 0.6) is 5.75 Å². The van der Waals surface area contributed by atoms with E-state index in [1.54, 1.807) is 42.5 Å². The number of hydrogen-bond acceptors (Lipinski definition) is 5. The van der Waals surface area contributed by atoms with E-state index in [0.29, 0.717) is 11.3 Å². The zero-order valence-electron chi connectivity index (χ0n) is 17.0. The van der Waals surface area contributed by atoms with Crippen molar-refractivity contribution >= 4 is 17.8 Å². The molecule has 0 aromatic heterocycles. The highest BCUT2D eigenvalue weighted by Crippen LogP contribution is 2.24. The average molecular weight is 398 g/mol. The highest BCUT2D eigenvalue weighted by Gasteiger charge is 2.19. The lowest BCUT2D eigenvalue weighted by molar-refractivity contribution is -0.156. The van der Waals surface area contributed by atoms with Gasteiger partial charge in [0.05, 0.1) is 0 Å². The summed E-state index contributed by atoms with van der Waals surface area (Å²) in [6.45, 7) is 7.39. The van der Waals surface area contributed by atoms with E-state index in [1.165, 1.54) is 6.92 Å². The lowest BCUT2D eigenvalue weighted by Crippen LogP contribution is -2.47. The Hall–Kier alpha value is -3.35. The van der Waals surface area contributed by atoms with Crippen molar-refractivity contribution in [1.29, 1.82) is 0 Å². The van der Waals surface area contributed by atoms with Gasteiger partial charge in [-0.25, -0.2) is 4.79 Å². The van der Waals surface area contributed by atoms with E-state index in [9.17, 15) is 14.4 Å². The molecule has 0 bridgehead atoms. The van der Waals surface area contributed by atoms with E-state index >= 15 is 0 Å². The van der Waals surface area contributed by atoms with Crippen molar-refractivity contribution in [3.63, 3.8) is 0 Å². The normalized spacial score (nSPS) is 11.9. The summed E-state index contributed by atoms with van der Waals surface area (Å²) in [5.41, 5.74) is 6.06. The Kier molecular flexibility index (Phi) is 7.36. The second-order valence-corrected chi connectivity index (χ2v) is 7.50. The average Bonchev–Trinajstić information content (AvgIpc) is 2.70. The summed E-state index contributed by atoms with van der Waals surface area (Å²) in [7, 11) is 0. The number of nitrogens with one attached hydrogen (secondary N) is 2. The maximum atomic E-state index is 12.0. The monoisotopic (exact) mass is 398 g/mol. The van der Waals surface area contributed by atoms with Gasteiger partial charge in [0.15, 0.2) is 12.7 Å². The molecule has 2 rings (SSSR count). The zero-order chi connectivity index (χ0) is 21.4. The van der Waals surface area contributed by atoms with E-state index in [1.807, 2.05) is 12.1 Å². The van der Waals surface area contributed by atoms with Crippen molar-refractivity contribution in [1.82, 2.24) is 10.9 Å². The van der Waals surface area contributed by atoms with Crippen molar-refractivity contribution < 1.29 is 23.9 Å². The van der Waals surface area contributed by atoms with Gasteiger partial charge in [-0.15, -0.1) is 0 Å². The number of ether oxygens (including phenoxy) is 2. The van der Waals surface area contributed by atoms with E-state index in [-0.39, 0.29) is 12.0 Å². The topological polar surface area (TPSA) is 93.7 Å². The van der Waals surface area contributed by atoms with Crippen LogP contribution in [0.2, 0.25) is 0 Å². The lowest BCUT2D eigenvalue weighted by Gasteiger charge is -2.19. The highest BCUT2D eigenvalue weighted by atomic mass is 16.6. The molecule has 29 heavy (non-hydrogen) atoms. The summed E-state index contributed by atoms with van der Waals surface area (Å²) >= 11 is 0. The number of amides is 2. The molecule has 0 unspecified atom stereocenters. The second-order valence-electron chi connectivity index (χ2n) is 7.50. The minimum absolute atomic E-state index is 0.0240. The molecule has 0 radical (unpaired) electrons. The summed E-state index contributed by atoms with van der Waals surface area (Å²) in [6, 6.07) is 15.8. The van der Waals surface area contributed by atoms with Gasteiger partial charge in [0, 0.05) is 5.56 Å². The van der Waals surface area contributed by atoms with Gasteiger partial charge in [-0.3, -0.25) is 20.4 Å². The van der Waals surface area contributed by atoms with Crippen LogP contribution in [0.1, 0.15) is 43.6 Å². The molecule has 2 amide bonds. The van der Waals surface area contributed by atoms with Crippen molar-refractivity contribution in [2.45, 2.75) is 39.2 Å². The van der Waals surface area contributed by atoms with Gasteiger partial charge in [-0.2, -0.15) is 0 Å². The molecule has 2 aromatic carbocycles. The summed E-state index contributed by atoms with van der Waals surface area (Å²) in [5, 5.41) is 0. The van der Waals surface area contributed by atoms with Gasteiger partial charge < -0.3 is 9.47 Å². The first-order valence-corrected chi connectivity index (χ1v) is 9.25. The number of carbonyl (C=O) groups excluding carboxylic acids is 3. The predicted octanol–water partition coefficient (Wildman–Crippen LogP) is 2.76. The second kappa shape index (κ2) is 9.73. The van der Waals surface area contributed by atoms with E-state index in [0.717, 1.165) is 5.56 Å². The number of benzene rings is 2. The minimum Gasteiger partial charge on any atom is -0.482 e. The number of carbonyl (C=O) groups is 3. The third-order valence-corrected chi connectivity index (χ3v) is 4.09. The number of esters is 1. The van der Waals surface area contributed by atoms with Crippen LogP contribution in [0.15, 0.2) is 54.6 Å². The first-order valence-electron chi connectivity index (χ1n) is 9.25. The van der Waals surface area contributed by atoms with Gasteiger partial charge in [0.1, 0.15) is 5.75 Å². The lowest BCUT2D eigenvalue weighted by atomic mass is 9.87. The van der Waals surface area contributed by atoms with Gasteiger partial charge >= 0.3 is 5.97 Å². The molecule has 0 aliphatic rings. The Labute approximate surface area is 170 Å². The number of rotatable bonds is 6. The maximum absolute atomic E-state index is 12.0. The molecule has 2 N–H and O–H groups in total. The molecule has 0 aliphatic carbocycles. The standard InChI is InChI=1S/C22H26N2O5/c1-15(20(26)23-24-21(27)16-8-6-5-7-9-16)29-19(25)14-28-18-12-10-17(11-13-18)22(2,3)4/h5-13,15H,14H2,1-4H3,(H,23,26)(H,24,27)/t15-/m1/s1. The molecule has 0 saturated carbocycles. The third-order valence-electron chi connectivity index (χ3n) is 4.09. The van der Waals surface area contributed by atoms with Gasteiger partial charge in [0.25, 0.3) is 11.8 Å². The molecule has 0 heterocycles. The molecule has 0 saturated heterocycles. The summed E-state index contributed by atoms with van der Waals surface area (Å²) in [4.78, 5) is 35.8. The van der Waals surface area contributed by atoms with Crippen LogP contribution in [0.25, 0.3) is 0 Å². The zero-order valence-corrected chi connectivity index (χ0v) is 17.0. The fraction of sp³-hybridized carbons (Fsp3) is 0.318. The highest BCUT2D eigenvalue weighted by molar-refractivity contribution is 5.95. The Bertz CT molecular complexity index is 842. The largest absolute Gasteiger partial charge is 0.482 e. The van der Waals surface area contributed by atoms with Crippen molar-refractivity contribution in [3.8, 4) is 5.75 Å². The maximum Gasteiger partial charge on any atom is 0.344 e. The molecule has 0 spiro atoms. The smallest absolute Gasteiger partial charge is 0.344 e. The molecule has 154 valence electrons. The number of hydrogen-bond donors (Lipinski definition) is 2. The van der Waals surface area contributed by atoms with Crippen LogP contribution in [0, 0.1) is 0 Å². The molecule has 1 atom stereocenters. The molecular weight excluding hydrogens is 372 g/mol. The quantitative estimate of drug-likeness (QED) is 0.576. The molecule has 2 aromatic rings. The third kappa shape index (κ3) is 6.95. The summed E-state index contributed by atoms with van der Waals surface area (Å²) in [6.07, 6.45) is -1.09. The van der Waals surface area contributed by atoms with Crippen LogP contribution in [-0.2, 0) is 19.7 Å². The minimum atomic E-state index is -1.09. The van der Waals surface area contributed by atoms with Crippen LogP contribution in [0.4, 0.5) is 0 Å². The predicted molar refractivity (Wildman–Crippen MR) is 108 cm³/mol. The van der Waals surface area contributed by atoms with Gasteiger partial charge in [0.2, 0.25) is 0 Å². The van der Waals surface area contributed by atoms with Gasteiger partial charge in [-0.1, -0.05) is 51.1 Å². The van der Waals surface area contributed by atoms with E-state index in [2.05, 4.69) is 31.6 Å². The molecular formula is C22H26N2O5. The van der Waals surface area contributed by atoms with Crippen LogP contribution >= 0.6 is 0 Å². The Balaban J connectivity index is 1.75.